The average Bonchev–Trinajstić information content (AvgIpc) is 2.53. The molecule has 0 heterocycles. The molecule has 22 heavy (non-hydrogen) atoms. The zero-order valence-corrected chi connectivity index (χ0v) is 13.0. The van der Waals surface area contributed by atoms with Crippen molar-refractivity contribution in [1.29, 1.82) is 0 Å². The monoisotopic (exact) mass is 308 g/mol. The molecule has 0 aromatic heterocycles. The predicted octanol–water partition coefficient (Wildman–Crippen LogP) is 2.12. The van der Waals surface area contributed by atoms with E-state index in [0.29, 0.717) is 0 Å². The number of carbonyl (C=O) groups is 3. The molecular formula is C16H20O6. The van der Waals surface area contributed by atoms with Gasteiger partial charge in [0.1, 0.15) is 0 Å². The number of hydrogen-bond acceptors (Lipinski definition) is 6. The van der Waals surface area contributed by atoms with Gasteiger partial charge in [0.25, 0.3) is 0 Å². The Morgan fingerprint density at radius 1 is 0.909 bits per heavy atom. The molecule has 0 aliphatic carbocycles. The summed E-state index contributed by atoms with van der Waals surface area (Å²) in [7, 11) is 0. The number of carbonyl (C=O) groups excluding carboxylic acids is 3. The summed E-state index contributed by atoms with van der Waals surface area (Å²) >= 11 is 0. The van der Waals surface area contributed by atoms with Gasteiger partial charge in [0.2, 0.25) is 0 Å². The van der Waals surface area contributed by atoms with Crippen molar-refractivity contribution < 1.29 is 28.6 Å². The molecule has 6 heteroatoms. The topological polar surface area (TPSA) is 78.9 Å². The lowest BCUT2D eigenvalue weighted by Gasteiger charge is -2.27. The van der Waals surface area contributed by atoms with Crippen LogP contribution in [0.5, 0.6) is 0 Å². The van der Waals surface area contributed by atoms with Crippen LogP contribution in [0.25, 0.3) is 0 Å². The van der Waals surface area contributed by atoms with Gasteiger partial charge in [-0.3, -0.25) is 0 Å². The van der Waals surface area contributed by atoms with Gasteiger partial charge in [0, 0.05) is 6.42 Å². The fourth-order valence-corrected chi connectivity index (χ4v) is 1.81. The lowest BCUT2D eigenvalue weighted by Crippen LogP contribution is -2.52. The molecule has 120 valence electrons. The summed E-state index contributed by atoms with van der Waals surface area (Å²) < 4.78 is 15.0. The Kier molecular flexibility index (Phi) is 6.56. The average molecular weight is 308 g/mol. The third-order valence-corrected chi connectivity index (χ3v) is 2.98. The molecule has 0 aliphatic rings. The van der Waals surface area contributed by atoms with Crippen LogP contribution >= 0.6 is 0 Å². The highest BCUT2D eigenvalue weighted by Gasteiger charge is 2.51. The Labute approximate surface area is 129 Å². The maximum atomic E-state index is 12.2. The van der Waals surface area contributed by atoms with Crippen molar-refractivity contribution in [3.05, 3.63) is 35.9 Å². The highest BCUT2D eigenvalue weighted by atomic mass is 16.6. The van der Waals surface area contributed by atoms with Gasteiger partial charge < -0.3 is 14.2 Å². The second kappa shape index (κ2) is 8.17. The molecule has 0 radical (unpaired) electrons. The van der Waals surface area contributed by atoms with Gasteiger partial charge in [0.15, 0.2) is 0 Å². The van der Waals surface area contributed by atoms with Crippen LogP contribution < -0.4 is 0 Å². The van der Waals surface area contributed by atoms with Crippen molar-refractivity contribution in [1.82, 2.24) is 0 Å². The first-order chi connectivity index (χ1) is 10.5. The van der Waals surface area contributed by atoms with Crippen LogP contribution in [-0.2, 0) is 23.8 Å². The van der Waals surface area contributed by atoms with Crippen molar-refractivity contribution in [2.24, 2.45) is 0 Å². The molecule has 0 saturated carbocycles. The minimum Gasteiger partial charge on any atom is -0.463 e. The summed E-state index contributed by atoms with van der Waals surface area (Å²) in [6, 6.07) is 8.09. The summed E-state index contributed by atoms with van der Waals surface area (Å²) in [5.74, 6) is -2.65. The maximum Gasteiger partial charge on any atom is 0.362 e. The van der Waals surface area contributed by atoms with Crippen molar-refractivity contribution in [3.63, 3.8) is 0 Å². The van der Waals surface area contributed by atoms with Gasteiger partial charge >= 0.3 is 23.5 Å². The highest BCUT2D eigenvalue weighted by molar-refractivity contribution is 6.06. The molecule has 0 spiro atoms. The zero-order chi connectivity index (χ0) is 16.6. The van der Waals surface area contributed by atoms with Crippen LogP contribution in [0.2, 0.25) is 0 Å². The SMILES string of the molecule is CCOC(=O)C(CC)(OC(=O)c1ccccc1)C(=O)OCC. The standard InChI is InChI=1S/C16H20O6/c1-4-16(14(18)20-5-2,15(19)21-6-3)22-13(17)12-10-8-7-9-11-12/h7-11H,4-6H2,1-3H3. The third-order valence-electron chi connectivity index (χ3n) is 2.98. The Morgan fingerprint density at radius 3 is 1.82 bits per heavy atom. The fraction of sp³-hybridized carbons (Fsp3) is 0.438. The normalized spacial score (nSPS) is 10.7. The van der Waals surface area contributed by atoms with E-state index in [1.54, 1.807) is 39.0 Å². The lowest BCUT2D eigenvalue weighted by molar-refractivity contribution is -0.184. The fourth-order valence-electron chi connectivity index (χ4n) is 1.81. The molecule has 0 amide bonds. The van der Waals surface area contributed by atoms with E-state index in [1.807, 2.05) is 0 Å². The van der Waals surface area contributed by atoms with Crippen LogP contribution in [0.15, 0.2) is 30.3 Å². The Bertz CT molecular complexity index is 505. The van der Waals surface area contributed by atoms with Gasteiger partial charge in [0.05, 0.1) is 18.8 Å². The molecule has 1 rings (SSSR count). The predicted molar refractivity (Wildman–Crippen MR) is 78.1 cm³/mol. The number of ether oxygens (including phenoxy) is 3. The minimum absolute atomic E-state index is 0.0584. The van der Waals surface area contributed by atoms with Crippen molar-refractivity contribution >= 4 is 17.9 Å². The summed E-state index contributed by atoms with van der Waals surface area (Å²) in [5.41, 5.74) is -1.85. The van der Waals surface area contributed by atoms with Gasteiger partial charge in [-0.1, -0.05) is 25.1 Å². The molecular weight excluding hydrogens is 288 g/mol. The van der Waals surface area contributed by atoms with Crippen LogP contribution in [0.1, 0.15) is 37.6 Å². The Morgan fingerprint density at radius 2 is 1.41 bits per heavy atom. The first kappa shape index (κ1) is 17.7. The molecule has 0 fully saturated rings. The van der Waals surface area contributed by atoms with Crippen molar-refractivity contribution in [3.8, 4) is 0 Å². The van der Waals surface area contributed by atoms with Crippen LogP contribution in [0.3, 0.4) is 0 Å². The first-order valence-corrected chi connectivity index (χ1v) is 7.14. The van der Waals surface area contributed by atoms with Gasteiger partial charge in [-0.2, -0.15) is 0 Å². The number of benzene rings is 1. The van der Waals surface area contributed by atoms with Crippen LogP contribution in [-0.4, -0.2) is 36.7 Å². The number of esters is 3. The molecule has 1 aromatic carbocycles. The Hall–Kier alpha value is -2.37. The largest absolute Gasteiger partial charge is 0.463 e. The molecule has 1 aromatic rings. The van der Waals surface area contributed by atoms with E-state index in [0.717, 1.165) is 0 Å². The lowest BCUT2D eigenvalue weighted by atomic mass is 10.0. The van der Waals surface area contributed by atoms with E-state index in [4.69, 9.17) is 14.2 Å². The van der Waals surface area contributed by atoms with E-state index in [1.165, 1.54) is 12.1 Å². The Balaban J connectivity index is 3.11. The second-order valence-corrected chi connectivity index (χ2v) is 4.38. The molecule has 0 unspecified atom stereocenters. The first-order valence-electron chi connectivity index (χ1n) is 7.14. The van der Waals surface area contributed by atoms with Gasteiger partial charge in [-0.25, -0.2) is 14.4 Å². The summed E-state index contributed by atoms with van der Waals surface area (Å²) in [6.07, 6.45) is -0.0801. The van der Waals surface area contributed by atoms with E-state index in [9.17, 15) is 14.4 Å². The molecule has 0 bridgehead atoms. The van der Waals surface area contributed by atoms with Crippen LogP contribution in [0, 0.1) is 0 Å². The van der Waals surface area contributed by atoms with E-state index < -0.39 is 23.5 Å². The smallest absolute Gasteiger partial charge is 0.362 e. The molecule has 6 nitrogen and oxygen atoms in total. The molecule has 0 aliphatic heterocycles. The molecule has 0 N–H and O–H groups in total. The van der Waals surface area contributed by atoms with Crippen LogP contribution in [0.4, 0.5) is 0 Å². The summed E-state index contributed by atoms with van der Waals surface area (Å²) in [5, 5.41) is 0. The number of hydrogen-bond donors (Lipinski definition) is 0. The van der Waals surface area contributed by atoms with Crippen molar-refractivity contribution in [2.45, 2.75) is 32.8 Å². The van der Waals surface area contributed by atoms with Gasteiger partial charge in [-0.15, -0.1) is 0 Å². The van der Waals surface area contributed by atoms with Gasteiger partial charge in [-0.05, 0) is 26.0 Å². The van der Waals surface area contributed by atoms with Crippen molar-refractivity contribution in [2.75, 3.05) is 13.2 Å². The molecule has 0 atom stereocenters. The maximum absolute atomic E-state index is 12.2. The number of rotatable bonds is 7. The summed E-state index contributed by atoms with van der Waals surface area (Å²) in [4.78, 5) is 36.6. The molecule has 0 saturated heterocycles. The minimum atomic E-state index is -2.08. The quantitative estimate of drug-likeness (QED) is 0.436. The summed E-state index contributed by atoms with van der Waals surface area (Å²) in [6.45, 7) is 4.86. The van der Waals surface area contributed by atoms with E-state index >= 15 is 0 Å². The van der Waals surface area contributed by atoms with E-state index in [2.05, 4.69) is 0 Å². The second-order valence-electron chi connectivity index (χ2n) is 4.38. The zero-order valence-electron chi connectivity index (χ0n) is 13.0. The van der Waals surface area contributed by atoms with E-state index in [-0.39, 0.29) is 25.2 Å². The highest BCUT2D eigenvalue weighted by Crippen LogP contribution is 2.23. The third kappa shape index (κ3) is 3.84.